The first kappa shape index (κ1) is 32.7. The van der Waals surface area contributed by atoms with E-state index in [0.29, 0.717) is 12.0 Å². The van der Waals surface area contributed by atoms with Crippen molar-refractivity contribution in [3.8, 4) is 0 Å². The van der Waals surface area contributed by atoms with E-state index in [4.69, 9.17) is 14.5 Å². The number of hydrogen-bond acceptors (Lipinski definition) is 8. The zero-order chi connectivity index (χ0) is 30.1. The van der Waals surface area contributed by atoms with Crippen molar-refractivity contribution in [1.82, 2.24) is 9.88 Å². The summed E-state index contributed by atoms with van der Waals surface area (Å²) in [6, 6.07) is 0.386. The van der Waals surface area contributed by atoms with Crippen molar-refractivity contribution in [2.75, 3.05) is 19.9 Å². The molecule has 3 fully saturated rings. The second-order valence-corrected chi connectivity index (χ2v) is 15.8. The summed E-state index contributed by atoms with van der Waals surface area (Å²) in [4.78, 5) is 34.7. The largest absolute Gasteiger partial charge is 0.458 e. The number of aromatic nitrogens is 1. The topological polar surface area (TPSA) is 68.5 Å². The lowest BCUT2D eigenvalue weighted by Crippen LogP contribution is -2.45. The van der Waals surface area contributed by atoms with Gasteiger partial charge in [0.1, 0.15) is 16.2 Å². The highest BCUT2D eigenvalue weighted by Crippen LogP contribution is 2.51. The summed E-state index contributed by atoms with van der Waals surface area (Å²) in [5.41, 5.74) is 1.24. The molecule has 8 atom stereocenters. The summed E-state index contributed by atoms with van der Waals surface area (Å²) in [5, 5.41) is 2.06. The molecule has 0 aromatic carbocycles. The molecule has 6 nitrogen and oxygen atoms in total. The van der Waals surface area contributed by atoms with Crippen LogP contribution in [0.2, 0.25) is 0 Å². The maximum atomic E-state index is 13.8. The second-order valence-electron chi connectivity index (χ2n) is 13.8. The molecular formula is C33H52N2O4S2. The molecule has 3 heterocycles. The zero-order valence-corrected chi connectivity index (χ0v) is 28.3. The van der Waals surface area contributed by atoms with Crippen LogP contribution < -0.4 is 0 Å². The van der Waals surface area contributed by atoms with Crippen LogP contribution in [0.25, 0.3) is 6.08 Å². The lowest BCUT2D eigenvalue weighted by molar-refractivity contribution is -0.155. The van der Waals surface area contributed by atoms with Gasteiger partial charge in [0.2, 0.25) is 0 Å². The van der Waals surface area contributed by atoms with Gasteiger partial charge in [-0.3, -0.25) is 14.5 Å². The van der Waals surface area contributed by atoms with Crippen molar-refractivity contribution in [2.45, 2.75) is 122 Å². The first-order chi connectivity index (χ1) is 19.3. The van der Waals surface area contributed by atoms with Gasteiger partial charge in [0, 0.05) is 43.0 Å². The van der Waals surface area contributed by atoms with Crippen molar-refractivity contribution < 1.29 is 19.1 Å². The van der Waals surface area contributed by atoms with E-state index in [9.17, 15) is 9.59 Å². The van der Waals surface area contributed by atoms with Crippen LogP contribution in [-0.4, -0.2) is 65.3 Å². The predicted octanol–water partition coefficient (Wildman–Crippen LogP) is 7.52. The molecule has 0 bridgehead atoms. The third-order valence-corrected chi connectivity index (χ3v) is 12.5. The van der Waals surface area contributed by atoms with Crippen molar-refractivity contribution in [3.63, 3.8) is 0 Å². The van der Waals surface area contributed by atoms with Crippen molar-refractivity contribution in [3.05, 3.63) is 16.6 Å². The summed E-state index contributed by atoms with van der Waals surface area (Å²) >= 11 is 3.28. The average Bonchev–Trinajstić information content (AvgIpc) is 3.79. The van der Waals surface area contributed by atoms with Gasteiger partial charge in [-0.2, -0.15) is 0 Å². The molecule has 0 radical (unpaired) electrons. The molecule has 41 heavy (non-hydrogen) atoms. The fourth-order valence-electron chi connectivity index (χ4n) is 6.98. The van der Waals surface area contributed by atoms with Gasteiger partial charge in [-0.05, 0) is 68.8 Å². The smallest absolute Gasteiger partial charge is 0.309 e. The molecule has 2 saturated heterocycles. The average molecular weight is 605 g/mol. The summed E-state index contributed by atoms with van der Waals surface area (Å²) in [7, 11) is 1.60. The normalized spacial score (nSPS) is 37.4. The van der Waals surface area contributed by atoms with Gasteiger partial charge in [-0.25, -0.2) is 4.98 Å². The number of thiazole rings is 1. The maximum absolute atomic E-state index is 13.8. The van der Waals surface area contributed by atoms with Crippen molar-refractivity contribution >= 4 is 40.9 Å². The number of hydrogen-bond donors (Lipinski definition) is 0. The van der Waals surface area contributed by atoms with Crippen LogP contribution in [0.5, 0.6) is 0 Å². The molecule has 2 aliphatic heterocycles. The molecule has 1 aliphatic carbocycles. The number of nitrogens with zero attached hydrogens (tertiary/aromatic N) is 2. The van der Waals surface area contributed by atoms with E-state index in [1.165, 1.54) is 12.8 Å². The predicted molar refractivity (Wildman–Crippen MR) is 169 cm³/mol. The number of fused-ring (bicyclic) bond motifs is 1. The number of carbonyl (C=O) groups is 2. The van der Waals surface area contributed by atoms with Gasteiger partial charge in [0.25, 0.3) is 0 Å². The number of rotatable bonds is 6. The summed E-state index contributed by atoms with van der Waals surface area (Å²) in [5.74, 6) is 1.26. The van der Waals surface area contributed by atoms with Crippen LogP contribution in [0, 0.1) is 29.1 Å². The quantitative estimate of drug-likeness (QED) is 0.189. The number of cyclic esters (lactones) is 1. The molecule has 1 saturated carbocycles. The molecule has 1 aromatic heterocycles. The minimum absolute atomic E-state index is 0.0523. The van der Waals surface area contributed by atoms with Crippen LogP contribution >= 0.6 is 23.1 Å². The van der Waals surface area contributed by atoms with Crippen molar-refractivity contribution in [2.24, 2.45) is 29.1 Å². The number of thioether (sulfide) groups is 1. The summed E-state index contributed by atoms with van der Waals surface area (Å²) < 4.78 is 13.2. The molecule has 8 heteroatoms. The lowest BCUT2D eigenvalue weighted by atomic mass is 9.70. The molecule has 0 N–H and O–H groups in total. The van der Waals surface area contributed by atoms with E-state index in [0.717, 1.165) is 53.8 Å². The molecule has 0 amide bonds. The summed E-state index contributed by atoms with van der Waals surface area (Å²) in [6.45, 7) is 16.0. The Bertz CT molecular complexity index is 1110. The Balaban J connectivity index is 1.64. The van der Waals surface area contributed by atoms with E-state index in [2.05, 4.69) is 51.0 Å². The minimum atomic E-state index is -0.802. The molecule has 1 unspecified atom stereocenters. The van der Waals surface area contributed by atoms with Gasteiger partial charge >= 0.3 is 5.97 Å². The van der Waals surface area contributed by atoms with Gasteiger partial charge in [0.15, 0.2) is 0 Å². The first-order valence-electron chi connectivity index (χ1n) is 15.5. The van der Waals surface area contributed by atoms with Gasteiger partial charge in [-0.1, -0.05) is 59.2 Å². The van der Waals surface area contributed by atoms with Crippen LogP contribution in [0.3, 0.4) is 0 Å². The van der Waals surface area contributed by atoms with E-state index in [1.54, 1.807) is 30.2 Å². The Morgan fingerprint density at radius 2 is 1.93 bits per heavy atom. The highest BCUT2D eigenvalue weighted by Gasteiger charge is 2.59. The van der Waals surface area contributed by atoms with E-state index < -0.39 is 11.5 Å². The van der Waals surface area contributed by atoms with E-state index >= 15 is 0 Å². The Labute approximate surface area is 256 Å². The van der Waals surface area contributed by atoms with Crippen LogP contribution in [0.4, 0.5) is 0 Å². The van der Waals surface area contributed by atoms with Gasteiger partial charge in [-0.15, -0.1) is 11.3 Å². The first-order valence-corrected chi connectivity index (χ1v) is 17.6. The van der Waals surface area contributed by atoms with Gasteiger partial charge < -0.3 is 9.47 Å². The maximum Gasteiger partial charge on any atom is 0.309 e. The molecule has 230 valence electrons. The van der Waals surface area contributed by atoms with E-state index in [-0.39, 0.29) is 41.7 Å². The number of Topliss-reactive ketones (excluding diaryl/α,β-unsaturated/α-hetero) is 1. The Kier molecular flexibility index (Phi) is 10.5. The number of ketones is 1. The fraction of sp³-hybridized carbons (Fsp3) is 0.788. The number of carbonyl (C=O) groups excluding carboxylic acids is 2. The van der Waals surface area contributed by atoms with Crippen LogP contribution in [0.15, 0.2) is 15.3 Å². The standard InChI is InChI=1S/C33H52N2O4S2/c1-20-11-10-14-33(7)27(35(33)18-24-12-13-24)16-26(21(2)15-25-19-41-31(34-25)40-9)39-29(36)17-28(38-8)32(5,6)30(37)23(4)22(20)3/h15,19-20,22-24,26-28H,10-14,16-18H2,1-9H3/b21-15+/t20-,22-,23+,26-,27-,28-,33+,35?/m0/s1. The Morgan fingerprint density at radius 1 is 1.22 bits per heavy atom. The number of ether oxygens (including phenoxy) is 2. The zero-order valence-electron chi connectivity index (χ0n) is 26.7. The molecule has 0 spiro atoms. The number of esters is 1. The minimum Gasteiger partial charge on any atom is -0.458 e. The van der Waals surface area contributed by atoms with Crippen molar-refractivity contribution in [1.29, 1.82) is 0 Å². The van der Waals surface area contributed by atoms with E-state index in [1.807, 2.05) is 20.1 Å². The SMILES string of the molecule is CO[C@H]1CC(=O)O[C@H](/C(C)=C/c2csc(SC)n2)C[C@@H]2N(CC3CC3)[C@]2(C)CCC[C@H](C)[C@H](C)[C@@H](C)C(=O)C1(C)C. The third-order valence-electron chi connectivity index (χ3n) is 10.6. The Hall–Kier alpha value is -1.22. The summed E-state index contributed by atoms with van der Waals surface area (Å²) in [6.07, 6.45) is 10.1. The monoisotopic (exact) mass is 604 g/mol. The van der Waals surface area contributed by atoms with Crippen LogP contribution in [0.1, 0.15) is 99.1 Å². The highest BCUT2D eigenvalue weighted by molar-refractivity contribution is 8.00. The molecular weight excluding hydrogens is 553 g/mol. The van der Waals surface area contributed by atoms with Gasteiger partial charge in [0.05, 0.1) is 23.6 Å². The fourth-order valence-corrected chi connectivity index (χ4v) is 8.21. The molecule has 3 aliphatic rings. The second kappa shape index (κ2) is 13.2. The van der Waals surface area contributed by atoms with Crippen LogP contribution in [-0.2, 0) is 19.1 Å². The molecule has 4 rings (SSSR count). The third kappa shape index (κ3) is 7.47. The molecule has 1 aromatic rings. The highest BCUT2D eigenvalue weighted by atomic mass is 32.2. The number of methoxy groups -OCH3 is 1. The lowest BCUT2D eigenvalue weighted by Gasteiger charge is -2.36. The Morgan fingerprint density at radius 3 is 2.54 bits per heavy atom.